The van der Waals surface area contributed by atoms with E-state index >= 15 is 0 Å². The quantitative estimate of drug-likeness (QED) is 0.551. The molecule has 5 nitrogen and oxygen atoms in total. The standard InChI is InChI=1S/C19H32O5/c20-1-2-21-3-4-22-5-6-23-7-8-24-19-13-16-9-15-10-17(14-19)18(19,11-15)12-16/h15-17,20H,1-14H2. The zero-order valence-electron chi connectivity index (χ0n) is 14.7. The molecule has 0 aromatic carbocycles. The molecule has 4 rings (SSSR count). The number of fused-ring (bicyclic) bond motifs is 2. The molecule has 5 unspecified atom stereocenters. The molecule has 4 fully saturated rings. The van der Waals surface area contributed by atoms with Crippen molar-refractivity contribution in [2.24, 2.45) is 23.2 Å². The van der Waals surface area contributed by atoms with Gasteiger partial charge in [-0.15, -0.1) is 0 Å². The lowest BCUT2D eigenvalue weighted by atomic mass is 9.52. The molecule has 0 aromatic heterocycles. The van der Waals surface area contributed by atoms with Crippen molar-refractivity contribution in [3.63, 3.8) is 0 Å². The van der Waals surface area contributed by atoms with Crippen LogP contribution in [0.4, 0.5) is 0 Å². The van der Waals surface area contributed by atoms with Gasteiger partial charge in [0, 0.05) is 5.41 Å². The van der Waals surface area contributed by atoms with Crippen LogP contribution in [0.3, 0.4) is 0 Å². The summed E-state index contributed by atoms with van der Waals surface area (Å²) in [6.45, 7) is 4.11. The predicted octanol–water partition coefficient (Wildman–Crippen LogP) is 2.01. The van der Waals surface area contributed by atoms with Gasteiger partial charge in [0.25, 0.3) is 0 Å². The Hall–Kier alpha value is -0.200. The predicted molar refractivity (Wildman–Crippen MR) is 88.8 cm³/mol. The highest BCUT2D eigenvalue weighted by atomic mass is 16.6. The first-order valence-corrected chi connectivity index (χ1v) is 9.76. The first-order chi connectivity index (χ1) is 11.8. The molecule has 0 saturated heterocycles. The number of hydrogen-bond donors (Lipinski definition) is 1. The molecule has 4 aliphatic carbocycles. The van der Waals surface area contributed by atoms with Crippen molar-refractivity contribution < 1.29 is 24.1 Å². The van der Waals surface area contributed by atoms with Gasteiger partial charge < -0.3 is 24.1 Å². The highest BCUT2D eigenvalue weighted by molar-refractivity contribution is 5.25. The largest absolute Gasteiger partial charge is 0.394 e. The van der Waals surface area contributed by atoms with Crippen LogP contribution in [0.2, 0.25) is 0 Å². The minimum Gasteiger partial charge on any atom is -0.394 e. The number of aliphatic hydroxyl groups excluding tert-OH is 1. The molecule has 1 spiro atoms. The summed E-state index contributed by atoms with van der Waals surface area (Å²) in [6.07, 6.45) is 8.48. The zero-order valence-corrected chi connectivity index (χ0v) is 14.7. The lowest BCUT2D eigenvalue weighted by Crippen LogP contribution is -2.59. The lowest BCUT2D eigenvalue weighted by Gasteiger charge is -2.58. The third-order valence-electron chi connectivity index (χ3n) is 7.06. The molecule has 0 aliphatic heterocycles. The molecule has 0 radical (unpaired) electrons. The summed E-state index contributed by atoms with van der Waals surface area (Å²) in [7, 11) is 0. The van der Waals surface area contributed by atoms with E-state index in [1.54, 1.807) is 0 Å². The van der Waals surface area contributed by atoms with Crippen molar-refractivity contribution >= 4 is 0 Å². The minimum absolute atomic E-state index is 0.0635. The summed E-state index contributed by atoms with van der Waals surface area (Å²) in [5, 5.41) is 8.58. The summed E-state index contributed by atoms with van der Waals surface area (Å²) < 4.78 is 22.6. The van der Waals surface area contributed by atoms with Crippen molar-refractivity contribution in [2.75, 3.05) is 52.9 Å². The van der Waals surface area contributed by atoms with Gasteiger partial charge in [-0.25, -0.2) is 0 Å². The fourth-order valence-electron chi connectivity index (χ4n) is 6.46. The van der Waals surface area contributed by atoms with Crippen LogP contribution in [0.5, 0.6) is 0 Å². The summed E-state index contributed by atoms with van der Waals surface area (Å²) >= 11 is 0. The Morgan fingerprint density at radius 3 is 2.12 bits per heavy atom. The number of hydrogen-bond acceptors (Lipinski definition) is 5. The van der Waals surface area contributed by atoms with Crippen LogP contribution in [0.25, 0.3) is 0 Å². The van der Waals surface area contributed by atoms with Crippen LogP contribution in [0, 0.1) is 23.2 Å². The Kier molecular flexibility index (Phi) is 5.17. The summed E-state index contributed by atoms with van der Waals surface area (Å²) in [6, 6.07) is 0. The van der Waals surface area contributed by atoms with Crippen molar-refractivity contribution in [3.05, 3.63) is 0 Å². The molecule has 5 heteroatoms. The molecular weight excluding hydrogens is 308 g/mol. The lowest BCUT2D eigenvalue weighted by molar-refractivity contribution is -0.217. The van der Waals surface area contributed by atoms with Gasteiger partial charge in [-0.1, -0.05) is 0 Å². The molecule has 4 saturated carbocycles. The van der Waals surface area contributed by atoms with Gasteiger partial charge in [-0.05, 0) is 56.3 Å². The summed E-state index contributed by atoms with van der Waals surface area (Å²) in [5.74, 6) is 2.92. The second kappa shape index (κ2) is 7.20. The first-order valence-electron chi connectivity index (χ1n) is 9.76. The van der Waals surface area contributed by atoms with E-state index in [-0.39, 0.29) is 12.2 Å². The van der Waals surface area contributed by atoms with Gasteiger partial charge >= 0.3 is 0 Å². The fraction of sp³-hybridized carbons (Fsp3) is 1.00. The summed E-state index contributed by atoms with van der Waals surface area (Å²) in [5.41, 5.74) is 0.787. The zero-order chi connectivity index (χ0) is 16.5. The average Bonchev–Trinajstić information content (AvgIpc) is 2.88. The van der Waals surface area contributed by atoms with Crippen LogP contribution in [0.1, 0.15) is 38.5 Å². The van der Waals surface area contributed by atoms with Crippen LogP contribution < -0.4 is 0 Å². The SMILES string of the molecule is OCCOCCOCCOCCOC12CC3CC4CC(C1)C2(C4)C3. The van der Waals surface area contributed by atoms with Crippen LogP contribution in [0.15, 0.2) is 0 Å². The van der Waals surface area contributed by atoms with E-state index in [0.717, 1.165) is 24.4 Å². The van der Waals surface area contributed by atoms with Crippen molar-refractivity contribution in [1.82, 2.24) is 0 Å². The molecule has 4 aliphatic rings. The highest BCUT2D eigenvalue weighted by Gasteiger charge is 2.75. The minimum atomic E-state index is 0.0635. The maximum Gasteiger partial charge on any atom is 0.0748 e. The Labute approximate surface area is 145 Å². The topological polar surface area (TPSA) is 57.2 Å². The Bertz CT molecular complexity index is 424. The van der Waals surface area contributed by atoms with Gasteiger partial charge in [0.05, 0.1) is 58.5 Å². The van der Waals surface area contributed by atoms with Crippen LogP contribution in [-0.2, 0) is 18.9 Å². The van der Waals surface area contributed by atoms with E-state index in [0.29, 0.717) is 45.1 Å². The number of aliphatic hydroxyl groups is 1. The molecule has 3 bridgehead atoms. The smallest absolute Gasteiger partial charge is 0.0748 e. The van der Waals surface area contributed by atoms with E-state index in [2.05, 4.69) is 0 Å². The second-order valence-electron chi connectivity index (χ2n) is 8.28. The molecule has 0 heterocycles. The van der Waals surface area contributed by atoms with Gasteiger partial charge in [0.15, 0.2) is 0 Å². The van der Waals surface area contributed by atoms with Gasteiger partial charge in [0.1, 0.15) is 0 Å². The Balaban J connectivity index is 1.07. The van der Waals surface area contributed by atoms with Gasteiger partial charge in [0.2, 0.25) is 0 Å². The maximum atomic E-state index is 8.58. The van der Waals surface area contributed by atoms with Crippen molar-refractivity contribution in [2.45, 2.75) is 44.1 Å². The van der Waals surface area contributed by atoms with E-state index < -0.39 is 0 Å². The second-order valence-corrected chi connectivity index (χ2v) is 8.28. The molecule has 138 valence electrons. The third kappa shape index (κ3) is 2.92. The van der Waals surface area contributed by atoms with E-state index in [9.17, 15) is 0 Å². The van der Waals surface area contributed by atoms with Crippen LogP contribution in [-0.4, -0.2) is 63.6 Å². The molecule has 1 N–H and O–H groups in total. The average molecular weight is 340 g/mol. The van der Waals surface area contributed by atoms with E-state index in [1.807, 2.05) is 0 Å². The highest BCUT2D eigenvalue weighted by Crippen LogP contribution is 2.78. The molecular formula is C19H32O5. The normalized spacial score (nSPS) is 41.6. The van der Waals surface area contributed by atoms with Gasteiger partial charge in [-0.2, -0.15) is 0 Å². The molecule has 0 aromatic rings. The van der Waals surface area contributed by atoms with Gasteiger partial charge in [-0.3, -0.25) is 0 Å². The fourth-order valence-corrected chi connectivity index (χ4v) is 6.46. The Morgan fingerprint density at radius 1 is 0.708 bits per heavy atom. The Morgan fingerprint density at radius 2 is 1.38 bits per heavy atom. The molecule has 24 heavy (non-hydrogen) atoms. The maximum absolute atomic E-state index is 8.58. The third-order valence-corrected chi connectivity index (χ3v) is 7.06. The number of rotatable bonds is 12. The van der Waals surface area contributed by atoms with Crippen molar-refractivity contribution in [1.29, 1.82) is 0 Å². The van der Waals surface area contributed by atoms with Crippen molar-refractivity contribution in [3.8, 4) is 0 Å². The first kappa shape index (κ1) is 17.2. The molecule has 0 amide bonds. The molecule has 5 atom stereocenters. The van der Waals surface area contributed by atoms with E-state index in [4.69, 9.17) is 24.1 Å². The van der Waals surface area contributed by atoms with Crippen LogP contribution >= 0.6 is 0 Å². The monoisotopic (exact) mass is 340 g/mol. The van der Waals surface area contributed by atoms with E-state index in [1.165, 1.54) is 38.5 Å². The number of ether oxygens (including phenoxy) is 4. The summed E-state index contributed by atoms with van der Waals surface area (Å²) in [4.78, 5) is 0.